The molecule has 1 aromatic rings. The lowest BCUT2D eigenvalue weighted by Crippen LogP contribution is -2.48. The molecule has 1 aliphatic rings. The minimum absolute atomic E-state index is 0.0729. The molecule has 1 fully saturated rings. The molecule has 2 rings (SSSR count). The summed E-state index contributed by atoms with van der Waals surface area (Å²) in [7, 11) is 0. The van der Waals surface area contributed by atoms with Crippen LogP contribution in [0.25, 0.3) is 0 Å². The number of nitrogens with one attached hydrogen (secondary N) is 2. The summed E-state index contributed by atoms with van der Waals surface area (Å²) in [5.41, 5.74) is 2.86. The van der Waals surface area contributed by atoms with E-state index in [1.165, 1.54) is 5.56 Å². The summed E-state index contributed by atoms with van der Waals surface area (Å²) in [5, 5.41) is 6.31. The van der Waals surface area contributed by atoms with Crippen molar-refractivity contribution in [3.05, 3.63) is 29.3 Å². The number of rotatable bonds is 2. The van der Waals surface area contributed by atoms with Gasteiger partial charge in [0.2, 0.25) is 5.91 Å². The Hall–Kier alpha value is -1.35. The summed E-state index contributed by atoms with van der Waals surface area (Å²) >= 11 is 0. The lowest BCUT2D eigenvalue weighted by Gasteiger charge is -2.23. The van der Waals surface area contributed by atoms with E-state index in [-0.39, 0.29) is 5.91 Å². The fourth-order valence-corrected chi connectivity index (χ4v) is 2.24. The van der Waals surface area contributed by atoms with Crippen LogP contribution in [-0.4, -0.2) is 18.0 Å². The van der Waals surface area contributed by atoms with Crippen molar-refractivity contribution in [3.63, 3.8) is 0 Å². The van der Waals surface area contributed by atoms with Crippen molar-refractivity contribution in [2.75, 3.05) is 11.9 Å². The third kappa shape index (κ3) is 2.34. The zero-order chi connectivity index (χ0) is 12.5. The normalized spacial score (nSPS) is 23.7. The van der Waals surface area contributed by atoms with Gasteiger partial charge in [-0.15, -0.1) is 0 Å². The van der Waals surface area contributed by atoms with Crippen molar-refractivity contribution >= 4 is 11.6 Å². The van der Waals surface area contributed by atoms with Crippen LogP contribution in [0.15, 0.2) is 18.2 Å². The van der Waals surface area contributed by atoms with Crippen molar-refractivity contribution in [1.82, 2.24) is 5.32 Å². The number of carbonyl (C=O) groups is 1. The molecule has 0 bridgehead atoms. The van der Waals surface area contributed by atoms with Crippen molar-refractivity contribution in [3.8, 4) is 0 Å². The number of hydrogen-bond acceptors (Lipinski definition) is 2. The van der Waals surface area contributed by atoms with E-state index >= 15 is 0 Å². The van der Waals surface area contributed by atoms with E-state index in [2.05, 4.69) is 23.6 Å². The molecule has 0 spiro atoms. The molecule has 1 unspecified atom stereocenters. The highest BCUT2D eigenvalue weighted by Gasteiger charge is 2.35. The Kier molecular flexibility index (Phi) is 3.20. The lowest BCUT2D eigenvalue weighted by atomic mass is 9.98. The second kappa shape index (κ2) is 4.49. The summed E-state index contributed by atoms with van der Waals surface area (Å²) in [6.45, 7) is 6.99. The molecule has 1 aromatic carbocycles. The summed E-state index contributed by atoms with van der Waals surface area (Å²) in [5.74, 6) is 0.0729. The number of benzene rings is 1. The van der Waals surface area contributed by atoms with E-state index in [1.54, 1.807) is 0 Å². The van der Waals surface area contributed by atoms with Gasteiger partial charge in [-0.25, -0.2) is 0 Å². The molecule has 1 saturated heterocycles. The molecule has 1 amide bonds. The fraction of sp³-hybridized carbons (Fsp3) is 0.500. The van der Waals surface area contributed by atoms with Gasteiger partial charge in [0.1, 0.15) is 0 Å². The van der Waals surface area contributed by atoms with Crippen LogP contribution >= 0.6 is 0 Å². The predicted molar refractivity (Wildman–Crippen MR) is 70.2 cm³/mol. The Morgan fingerprint density at radius 2 is 2.18 bits per heavy atom. The highest BCUT2D eigenvalue weighted by molar-refractivity contribution is 5.98. The van der Waals surface area contributed by atoms with Crippen LogP contribution in [-0.2, 0) is 4.79 Å². The zero-order valence-electron chi connectivity index (χ0n) is 10.8. The van der Waals surface area contributed by atoms with Crippen molar-refractivity contribution in [2.45, 2.75) is 39.2 Å². The minimum Gasteiger partial charge on any atom is -0.324 e. The standard InChI is InChI=1S/C14H20N2O/c1-10-6-4-7-12(11(10)2)16-13(17)14(3)8-5-9-15-14/h4,6-7,15H,5,8-9H2,1-3H3,(H,16,17). The van der Waals surface area contributed by atoms with Crippen molar-refractivity contribution < 1.29 is 4.79 Å². The first-order valence-electron chi connectivity index (χ1n) is 6.16. The first-order chi connectivity index (χ1) is 8.03. The van der Waals surface area contributed by atoms with Crippen LogP contribution in [0.3, 0.4) is 0 Å². The first-order valence-corrected chi connectivity index (χ1v) is 6.16. The Morgan fingerprint density at radius 1 is 1.41 bits per heavy atom. The van der Waals surface area contributed by atoms with Crippen molar-refractivity contribution in [1.29, 1.82) is 0 Å². The highest BCUT2D eigenvalue weighted by atomic mass is 16.2. The number of amides is 1. The molecule has 1 atom stereocenters. The quantitative estimate of drug-likeness (QED) is 0.822. The molecule has 2 N–H and O–H groups in total. The van der Waals surface area contributed by atoms with Gasteiger partial charge in [-0.05, 0) is 57.4 Å². The molecule has 0 saturated carbocycles. The van der Waals surface area contributed by atoms with E-state index in [9.17, 15) is 4.79 Å². The first kappa shape index (κ1) is 12.1. The molecular formula is C14H20N2O. The van der Waals surface area contributed by atoms with Gasteiger partial charge in [0.05, 0.1) is 5.54 Å². The second-order valence-electron chi connectivity index (χ2n) is 5.06. The summed E-state index contributed by atoms with van der Waals surface area (Å²) in [6.07, 6.45) is 1.97. The Balaban J connectivity index is 2.16. The van der Waals surface area contributed by atoms with E-state index in [4.69, 9.17) is 0 Å². The summed E-state index contributed by atoms with van der Waals surface area (Å²) in [4.78, 5) is 12.2. The molecule has 1 aliphatic heterocycles. The molecule has 1 heterocycles. The topological polar surface area (TPSA) is 41.1 Å². The molecule has 3 nitrogen and oxygen atoms in total. The van der Waals surface area contributed by atoms with Crippen LogP contribution < -0.4 is 10.6 Å². The minimum atomic E-state index is -0.407. The molecule has 0 radical (unpaired) electrons. The van der Waals surface area contributed by atoms with Crippen LogP contribution in [0, 0.1) is 13.8 Å². The van der Waals surface area contributed by atoms with E-state index in [0.717, 1.165) is 30.6 Å². The van der Waals surface area contributed by atoms with Crippen LogP contribution in [0.5, 0.6) is 0 Å². The van der Waals surface area contributed by atoms with Crippen LogP contribution in [0.2, 0.25) is 0 Å². The van der Waals surface area contributed by atoms with Gasteiger partial charge >= 0.3 is 0 Å². The van der Waals surface area contributed by atoms with E-state index in [1.807, 2.05) is 26.0 Å². The Labute approximate surface area is 103 Å². The number of aryl methyl sites for hydroxylation is 1. The maximum absolute atomic E-state index is 12.2. The molecule has 92 valence electrons. The van der Waals surface area contributed by atoms with Gasteiger partial charge < -0.3 is 10.6 Å². The maximum atomic E-state index is 12.2. The van der Waals surface area contributed by atoms with Crippen LogP contribution in [0.1, 0.15) is 30.9 Å². The third-order valence-electron chi connectivity index (χ3n) is 3.72. The van der Waals surface area contributed by atoms with E-state index < -0.39 is 5.54 Å². The average Bonchev–Trinajstić information content (AvgIpc) is 2.73. The van der Waals surface area contributed by atoms with Crippen molar-refractivity contribution in [2.24, 2.45) is 0 Å². The number of hydrogen-bond donors (Lipinski definition) is 2. The SMILES string of the molecule is Cc1cccc(NC(=O)C2(C)CCCN2)c1C. The predicted octanol–water partition coefficient (Wildman–Crippen LogP) is 2.38. The summed E-state index contributed by atoms with van der Waals surface area (Å²) in [6, 6.07) is 5.99. The largest absolute Gasteiger partial charge is 0.324 e. The Morgan fingerprint density at radius 3 is 2.82 bits per heavy atom. The molecule has 3 heteroatoms. The third-order valence-corrected chi connectivity index (χ3v) is 3.72. The van der Waals surface area contributed by atoms with Gasteiger partial charge in [0.15, 0.2) is 0 Å². The maximum Gasteiger partial charge on any atom is 0.244 e. The number of carbonyl (C=O) groups excluding carboxylic acids is 1. The smallest absolute Gasteiger partial charge is 0.244 e. The van der Waals surface area contributed by atoms with Gasteiger partial charge in [0.25, 0.3) is 0 Å². The van der Waals surface area contributed by atoms with Gasteiger partial charge in [0, 0.05) is 5.69 Å². The molecule has 0 aliphatic carbocycles. The average molecular weight is 232 g/mol. The van der Waals surface area contributed by atoms with E-state index in [0.29, 0.717) is 0 Å². The highest BCUT2D eigenvalue weighted by Crippen LogP contribution is 2.23. The van der Waals surface area contributed by atoms with Gasteiger partial charge in [-0.1, -0.05) is 12.1 Å². The van der Waals surface area contributed by atoms with Gasteiger partial charge in [-0.2, -0.15) is 0 Å². The number of anilines is 1. The van der Waals surface area contributed by atoms with Crippen LogP contribution in [0.4, 0.5) is 5.69 Å². The summed E-state index contributed by atoms with van der Waals surface area (Å²) < 4.78 is 0. The molecule has 0 aromatic heterocycles. The van der Waals surface area contributed by atoms with Gasteiger partial charge in [-0.3, -0.25) is 4.79 Å². The molecular weight excluding hydrogens is 212 g/mol. The molecule has 17 heavy (non-hydrogen) atoms. The Bertz CT molecular complexity index is 434. The monoisotopic (exact) mass is 232 g/mol. The lowest BCUT2D eigenvalue weighted by molar-refractivity contribution is -0.121. The zero-order valence-corrected chi connectivity index (χ0v) is 10.8. The second-order valence-corrected chi connectivity index (χ2v) is 5.06. The fourth-order valence-electron chi connectivity index (χ4n) is 2.24.